The fraction of sp³-hybridized carbons (Fsp3) is 0.333. The second-order valence-corrected chi connectivity index (χ2v) is 7.62. The average molecular weight is 357 g/mol. The van der Waals surface area contributed by atoms with E-state index < -0.39 is 0 Å². The van der Waals surface area contributed by atoms with E-state index in [0.29, 0.717) is 12.0 Å². The van der Waals surface area contributed by atoms with E-state index in [0.717, 1.165) is 21.8 Å². The standard InChI is InChI=1S/C15H15BrClNS/c1-2-18-14(13-8-12(17)15(16)19-13)11-7-9-5-3-4-6-10(9)11/h3-6,8,11,14,18H,2,7H2,1H3. The lowest BCUT2D eigenvalue weighted by atomic mass is 9.73. The van der Waals surface area contributed by atoms with Crippen LogP contribution in [0.15, 0.2) is 34.1 Å². The number of hydrogen-bond acceptors (Lipinski definition) is 2. The normalized spacial score (nSPS) is 18.8. The van der Waals surface area contributed by atoms with Gasteiger partial charge in [-0.15, -0.1) is 11.3 Å². The minimum atomic E-state index is 0.369. The Morgan fingerprint density at radius 3 is 2.89 bits per heavy atom. The molecule has 0 amide bonds. The average Bonchev–Trinajstić information content (AvgIpc) is 2.70. The van der Waals surface area contributed by atoms with E-state index in [1.165, 1.54) is 16.0 Å². The van der Waals surface area contributed by atoms with Gasteiger partial charge < -0.3 is 5.32 Å². The van der Waals surface area contributed by atoms with Gasteiger partial charge in [-0.1, -0.05) is 42.8 Å². The summed E-state index contributed by atoms with van der Waals surface area (Å²) in [7, 11) is 0. The van der Waals surface area contributed by atoms with Crippen molar-refractivity contribution in [2.24, 2.45) is 0 Å². The Hall–Kier alpha value is -0.350. The summed E-state index contributed by atoms with van der Waals surface area (Å²) in [6.45, 7) is 3.12. The monoisotopic (exact) mass is 355 g/mol. The third kappa shape index (κ3) is 2.49. The van der Waals surface area contributed by atoms with E-state index in [4.69, 9.17) is 11.6 Å². The maximum absolute atomic E-state index is 6.18. The van der Waals surface area contributed by atoms with Gasteiger partial charge in [0.1, 0.15) is 0 Å². The number of likely N-dealkylation sites (N-methyl/N-ethyl adjacent to an activating group) is 1. The number of nitrogens with one attached hydrogen (secondary N) is 1. The molecule has 1 aromatic heterocycles. The second-order valence-electron chi connectivity index (χ2n) is 4.82. The molecule has 0 aliphatic heterocycles. The van der Waals surface area contributed by atoms with Gasteiger partial charge >= 0.3 is 0 Å². The third-order valence-corrected chi connectivity index (χ3v) is 6.25. The van der Waals surface area contributed by atoms with Crippen LogP contribution in [-0.4, -0.2) is 6.54 Å². The maximum Gasteiger partial charge on any atom is 0.0888 e. The Kier molecular flexibility index (Phi) is 3.99. The first-order valence-electron chi connectivity index (χ1n) is 6.46. The van der Waals surface area contributed by atoms with Crippen molar-refractivity contribution in [3.05, 3.63) is 55.1 Å². The molecule has 0 fully saturated rings. The molecule has 1 aromatic carbocycles. The first-order chi connectivity index (χ1) is 9.20. The molecule has 1 nitrogen and oxygen atoms in total. The molecular weight excluding hydrogens is 342 g/mol. The fourth-order valence-corrected chi connectivity index (χ4v) is 4.66. The van der Waals surface area contributed by atoms with Crippen molar-refractivity contribution in [3.63, 3.8) is 0 Å². The largest absolute Gasteiger partial charge is 0.309 e. The summed E-state index contributed by atoms with van der Waals surface area (Å²) in [5.41, 5.74) is 2.96. The first kappa shape index (κ1) is 13.6. The van der Waals surface area contributed by atoms with Crippen molar-refractivity contribution in [2.75, 3.05) is 6.54 Å². The first-order valence-corrected chi connectivity index (χ1v) is 8.45. The van der Waals surface area contributed by atoms with E-state index in [1.54, 1.807) is 11.3 Å². The highest BCUT2D eigenvalue weighted by molar-refractivity contribution is 9.11. The van der Waals surface area contributed by atoms with E-state index in [1.807, 2.05) is 0 Å². The van der Waals surface area contributed by atoms with Gasteiger partial charge in [-0.3, -0.25) is 0 Å². The highest BCUT2D eigenvalue weighted by Gasteiger charge is 2.34. The molecule has 19 heavy (non-hydrogen) atoms. The van der Waals surface area contributed by atoms with Crippen LogP contribution < -0.4 is 5.32 Å². The zero-order valence-corrected chi connectivity index (χ0v) is 13.8. The summed E-state index contributed by atoms with van der Waals surface area (Å²) < 4.78 is 1.03. The number of benzene rings is 1. The van der Waals surface area contributed by atoms with E-state index >= 15 is 0 Å². The zero-order chi connectivity index (χ0) is 13.4. The molecule has 100 valence electrons. The predicted octanol–water partition coefficient (Wildman–Crippen LogP) is 5.15. The Morgan fingerprint density at radius 2 is 2.26 bits per heavy atom. The Morgan fingerprint density at radius 1 is 1.47 bits per heavy atom. The van der Waals surface area contributed by atoms with E-state index in [9.17, 15) is 0 Å². The van der Waals surface area contributed by atoms with E-state index in [-0.39, 0.29) is 0 Å². The molecule has 0 bridgehead atoms. The van der Waals surface area contributed by atoms with Gasteiger partial charge in [0, 0.05) is 16.8 Å². The quantitative estimate of drug-likeness (QED) is 0.798. The molecule has 1 N–H and O–H groups in total. The summed E-state index contributed by atoms with van der Waals surface area (Å²) in [6, 6.07) is 11.2. The van der Waals surface area contributed by atoms with E-state index in [2.05, 4.69) is 58.5 Å². The van der Waals surface area contributed by atoms with Crippen LogP contribution in [0.5, 0.6) is 0 Å². The van der Waals surface area contributed by atoms with Crippen molar-refractivity contribution in [3.8, 4) is 0 Å². The van der Waals surface area contributed by atoms with Gasteiger partial charge in [0.15, 0.2) is 0 Å². The van der Waals surface area contributed by atoms with Crippen molar-refractivity contribution < 1.29 is 0 Å². The number of rotatable bonds is 4. The van der Waals surface area contributed by atoms with Crippen LogP contribution in [0.25, 0.3) is 0 Å². The van der Waals surface area contributed by atoms with Gasteiger partial charge in [-0.05, 0) is 46.1 Å². The van der Waals surface area contributed by atoms with Crippen LogP contribution in [0.4, 0.5) is 0 Å². The van der Waals surface area contributed by atoms with Crippen LogP contribution in [0, 0.1) is 0 Å². The van der Waals surface area contributed by atoms with Crippen LogP contribution in [0.3, 0.4) is 0 Å². The van der Waals surface area contributed by atoms with Crippen LogP contribution in [-0.2, 0) is 6.42 Å². The van der Waals surface area contributed by atoms with Gasteiger partial charge in [0.05, 0.1) is 8.81 Å². The predicted molar refractivity (Wildman–Crippen MR) is 86.3 cm³/mol. The molecule has 0 saturated heterocycles. The Bertz CT molecular complexity index is 576. The lowest BCUT2D eigenvalue weighted by molar-refractivity contribution is 0.425. The minimum Gasteiger partial charge on any atom is -0.309 e. The number of thiophene rings is 1. The molecule has 1 aliphatic rings. The molecule has 4 heteroatoms. The van der Waals surface area contributed by atoms with Crippen LogP contribution in [0.2, 0.25) is 5.02 Å². The SMILES string of the molecule is CCNC(c1cc(Cl)c(Br)s1)C1Cc2ccccc21. The molecule has 0 spiro atoms. The highest BCUT2D eigenvalue weighted by Crippen LogP contribution is 2.46. The summed E-state index contributed by atoms with van der Waals surface area (Å²) in [6.07, 6.45) is 1.15. The smallest absolute Gasteiger partial charge is 0.0888 e. The Balaban J connectivity index is 1.91. The van der Waals surface area contributed by atoms with Crippen molar-refractivity contribution >= 4 is 38.9 Å². The second kappa shape index (κ2) is 5.57. The molecular formula is C15H15BrClNS. The molecule has 2 atom stereocenters. The number of fused-ring (bicyclic) bond motifs is 1. The molecule has 0 saturated carbocycles. The lowest BCUT2D eigenvalue weighted by Gasteiger charge is -2.36. The summed E-state index contributed by atoms with van der Waals surface area (Å²) >= 11 is 11.4. The van der Waals surface area contributed by atoms with Crippen molar-refractivity contribution in [1.82, 2.24) is 5.32 Å². The summed E-state index contributed by atoms with van der Waals surface area (Å²) in [4.78, 5) is 1.32. The molecule has 1 heterocycles. The van der Waals surface area contributed by atoms with Crippen LogP contribution >= 0.6 is 38.9 Å². The summed E-state index contributed by atoms with van der Waals surface area (Å²) in [5, 5.41) is 4.43. The lowest BCUT2D eigenvalue weighted by Crippen LogP contribution is -2.32. The molecule has 0 radical (unpaired) electrons. The molecule has 2 unspecified atom stereocenters. The zero-order valence-electron chi connectivity index (χ0n) is 10.6. The molecule has 3 rings (SSSR count). The number of hydrogen-bond donors (Lipinski definition) is 1. The van der Waals surface area contributed by atoms with Gasteiger partial charge in [0.2, 0.25) is 0 Å². The summed E-state index contributed by atoms with van der Waals surface area (Å²) in [5.74, 6) is 0.567. The number of halogens is 2. The topological polar surface area (TPSA) is 12.0 Å². The van der Waals surface area contributed by atoms with Gasteiger partial charge in [0.25, 0.3) is 0 Å². The maximum atomic E-state index is 6.18. The Labute approximate surface area is 131 Å². The fourth-order valence-electron chi connectivity index (χ4n) is 2.77. The van der Waals surface area contributed by atoms with Crippen molar-refractivity contribution in [1.29, 1.82) is 0 Å². The van der Waals surface area contributed by atoms with Crippen LogP contribution in [0.1, 0.15) is 34.9 Å². The minimum absolute atomic E-state index is 0.369. The molecule has 2 aromatic rings. The van der Waals surface area contributed by atoms with Gasteiger partial charge in [-0.25, -0.2) is 0 Å². The third-order valence-electron chi connectivity index (χ3n) is 3.69. The highest BCUT2D eigenvalue weighted by atomic mass is 79.9. The van der Waals surface area contributed by atoms with Crippen molar-refractivity contribution in [2.45, 2.75) is 25.3 Å². The van der Waals surface area contributed by atoms with Gasteiger partial charge in [-0.2, -0.15) is 0 Å². The molecule has 1 aliphatic carbocycles.